The molecule has 0 bridgehead atoms. The molecule has 0 unspecified atom stereocenters. The van der Waals surface area contributed by atoms with Crippen molar-refractivity contribution in [1.82, 2.24) is 4.57 Å². The molecule has 42 heavy (non-hydrogen) atoms. The van der Waals surface area contributed by atoms with E-state index in [1.54, 1.807) is 49.4 Å². The summed E-state index contributed by atoms with van der Waals surface area (Å²) in [4.78, 5) is 32.6. The van der Waals surface area contributed by atoms with Gasteiger partial charge in [0.05, 0.1) is 43.2 Å². The first kappa shape index (κ1) is 30.6. The van der Waals surface area contributed by atoms with Crippen molar-refractivity contribution in [3.63, 3.8) is 0 Å². The average molecular weight is 595 g/mol. The number of hydrogen-bond donors (Lipinski definition) is 1. The van der Waals surface area contributed by atoms with E-state index in [-0.39, 0.29) is 35.8 Å². The molecule has 1 atom stereocenters. The quantitative estimate of drug-likeness (QED) is 0.193. The maximum Gasteiger partial charge on any atom is 0.338 e. The fourth-order valence-electron chi connectivity index (χ4n) is 4.77. The van der Waals surface area contributed by atoms with Crippen LogP contribution in [0.4, 0.5) is 0 Å². The van der Waals surface area contributed by atoms with Gasteiger partial charge in [0.1, 0.15) is 12.6 Å². The zero-order chi connectivity index (χ0) is 30.4. The van der Waals surface area contributed by atoms with Crippen LogP contribution in [0.1, 0.15) is 36.6 Å². The molecule has 1 aromatic heterocycles. The number of rotatable bonds is 12. The number of carbonyl (C=O) groups excluding carboxylic acids is 1. The van der Waals surface area contributed by atoms with Crippen molar-refractivity contribution in [3.8, 4) is 23.0 Å². The fraction of sp³-hybridized carbons (Fsp3) is 0.323. The van der Waals surface area contributed by atoms with Gasteiger partial charge in [-0.05, 0) is 50.1 Å². The third-order valence-electron chi connectivity index (χ3n) is 6.63. The van der Waals surface area contributed by atoms with Crippen molar-refractivity contribution in [3.05, 3.63) is 90.6 Å². The third-order valence-corrected chi connectivity index (χ3v) is 7.62. The Morgan fingerprint density at radius 3 is 2.60 bits per heavy atom. The van der Waals surface area contributed by atoms with Gasteiger partial charge < -0.3 is 28.8 Å². The lowest BCUT2D eigenvalue weighted by atomic mass is 9.94. The molecule has 0 radical (unpaired) electrons. The summed E-state index contributed by atoms with van der Waals surface area (Å²) in [6, 6.07) is 7.85. The van der Waals surface area contributed by atoms with Gasteiger partial charge >= 0.3 is 5.97 Å². The van der Waals surface area contributed by atoms with E-state index in [4.69, 9.17) is 23.7 Å². The molecule has 2 heterocycles. The Balaban J connectivity index is 1.98. The smallest absolute Gasteiger partial charge is 0.338 e. The van der Waals surface area contributed by atoms with E-state index in [2.05, 4.69) is 11.6 Å². The minimum atomic E-state index is -0.902. The van der Waals surface area contributed by atoms with Crippen molar-refractivity contribution in [2.75, 3.05) is 41.2 Å². The summed E-state index contributed by atoms with van der Waals surface area (Å²) >= 11 is 1.19. The Kier molecular flexibility index (Phi) is 9.87. The number of aromatic nitrogens is 1. The molecule has 1 N–H and O–H groups in total. The molecule has 0 saturated carbocycles. The standard InChI is InChI=1S/C31H34N2O8S/c1-7-10-20-15-19(16-23(39-6)27(20)34)17-24-29(35)33-26(21-11-9-12-22(38-5)28(21)40-8-2)25(18(3)32-31(33)42-24)30(36)41-14-13-37-4/h7,9,11-12,15-17,26,34H,1,8,10,13-14H2,2-6H3/b24-17+/t26-/m1/s1. The number of hydrogen-bond acceptors (Lipinski definition) is 10. The van der Waals surface area contributed by atoms with Crippen LogP contribution in [0, 0.1) is 0 Å². The summed E-state index contributed by atoms with van der Waals surface area (Å²) in [6.45, 7) is 7.90. The molecule has 11 heteroatoms. The molecular weight excluding hydrogens is 560 g/mol. The largest absolute Gasteiger partial charge is 0.504 e. The first-order valence-electron chi connectivity index (χ1n) is 13.3. The lowest BCUT2D eigenvalue weighted by Crippen LogP contribution is -2.40. The highest BCUT2D eigenvalue weighted by molar-refractivity contribution is 7.07. The van der Waals surface area contributed by atoms with E-state index in [1.165, 1.54) is 37.2 Å². The van der Waals surface area contributed by atoms with Gasteiger partial charge in [0.15, 0.2) is 27.8 Å². The summed E-state index contributed by atoms with van der Waals surface area (Å²) in [5, 5.41) is 10.5. The summed E-state index contributed by atoms with van der Waals surface area (Å²) in [5.41, 5.74) is 2.07. The van der Waals surface area contributed by atoms with E-state index < -0.39 is 12.0 Å². The number of aromatic hydroxyl groups is 1. The van der Waals surface area contributed by atoms with Crippen LogP contribution in [-0.2, 0) is 20.7 Å². The first-order valence-corrected chi connectivity index (χ1v) is 14.1. The minimum Gasteiger partial charge on any atom is -0.504 e. The molecule has 222 valence electrons. The molecule has 10 nitrogen and oxygen atoms in total. The van der Waals surface area contributed by atoms with Gasteiger partial charge in [-0.15, -0.1) is 6.58 Å². The van der Waals surface area contributed by atoms with Gasteiger partial charge in [0, 0.05) is 18.2 Å². The van der Waals surface area contributed by atoms with Crippen LogP contribution in [0.15, 0.2) is 64.0 Å². The van der Waals surface area contributed by atoms with Crippen LogP contribution >= 0.6 is 11.3 Å². The monoisotopic (exact) mass is 594 g/mol. The van der Waals surface area contributed by atoms with E-state index >= 15 is 0 Å². The number of fused-ring (bicyclic) bond motifs is 1. The maximum atomic E-state index is 14.1. The van der Waals surface area contributed by atoms with E-state index in [1.807, 2.05) is 6.92 Å². The van der Waals surface area contributed by atoms with Crippen molar-refractivity contribution in [2.24, 2.45) is 4.99 Å². The molecule has 4 rings (SSSR count). The maximum absolute atomic E-state index is 14.1. The average Bonchev–Trinajstić information content (AvgIpc) is 3.28. The molecule has 3 aromatic rings. The second kappa shape index (κ2) is 13.5. The van der Waals surface area contributed by atoms with Crippen molar-refractivity contribution >= 4 is 23.4 Å². The van der Waals surface area contributed by atoms with Crippen LogP contribution in [0.25, 0.3) is 6.08 Å². The number of phenolic OH excluding ortho intramolecular Hbond substituents is 1. The van der Waals surface area contributed by atoms with Gasteiger partial charge in [-0.2, -0.15) is 0 Å². The number of carbonyl (C=O) groups is 1. The minimum absolute atomic E-state index is 0.0183. The van der Waals surface area contributed by atoms with E-state index in [9.17, 15) is 14.7 Å². The number of benzene rings is 2. The number of methoxy groups -OCH3 is 3. The number of allylic oxidation sites excluding steroid dienone is 2. The zero-order valence-corrected chi connectivity index (χ0v) is 25.1. The normalized spacial score (nSPS) is 14.7. The number of thiazole rings is 1. The predicted molar refractivity (Wildman–Crippen MR) is 159 cm³/mol. The molecule has 0 fully saturated rings. The van der Waals surface area contributed by atoms with Crippen LogP contribution in [0.2, 0.25) is 0 Å². The number of para-hydroxylation sites is 1. The molecule has 0 aliphatic carbocycles. The highest BCUT2D eigenvalue weighted by atomic mass is 32.1. The number of phenols is 1. The Bertz CT molecular complexity index is 1700. The second-order valence-corrected chi connectivity index (χ2v) is 10.3. The zero-order valence-electron chi connectivity index (χ0n) is 24.3. The van der Waals surface area contributed by atoms with Crippen molar-refractivity contribution in [2.45, 2.75) is 26.3 Å². The fourth-order valence-corrected chi connectivity index (χ4v) is 5.82. The van der Waals surface area contributed by atoms with Gasteiger partial charge in [-0.25, -0.2) is 9.79 Å². The van der Waals surface area contributed by atoms with Crippen molar-refractivity contribution < 1.29 is 33.6 Å². The molecule has 0 saturated heterocycles. The SMILES string of the molecule is C=CCc1cc(/C=c2/sc3n(c2=O)[C@H](c2cccc(OC)c2OCC)C(C(=O)OCCOC)=C(C)N=3)cc(OC)c1O. The van der Waals surface area contributed by atoms with Crippen LogP contribution in [0.3, 0.4) is 0 Å². The van der Waals surface area contributed by atoms with Gasteiger partial charge in [0.2, 0.25) is 0 Å². The molecule has 1 aliphatic heterocycles. The first-order chi connectivity index (χ1) is 20.3. The number of ether oxygens (including phenoxy) is 5. The molecule has 0 amide bonds. The summed E-state index contributed by atoms with van der Waals surface area (Å²) in [7, 11) is 4.51. The molecular formula is C31H34N2O8S. The van der Waals surface area contributed by atoms with E-state index in [0.717, 1.165) is 0 Å². The number of esters is 1. The van der Waals surface area contributed by atoms with Gasteiger partial charge in [0.25, 0.3) is 5.56 Å². The Hall–Kier alpha value is -4.35. The lowest BCUT2D eigenvalue weighted by Gasteiger charge is -2.27. The highest BCUT2D eigenvalue weighted by Gasteiger charge is 2.36. The van der Waals surface area contributed by atoms with Crippen LogP contribution in [-0.4, -0.2) is 56.8 Å². The van der Waals surface area contributed by atoms with Gasteiger partial charge in [-0.3, -0.25) is 9.36 Å². The van der Waals surface area contributed by atoms with Crippen LogP contribution in [0.5, 0.6) is 23.0 Å². The Morgan fingerprint density at radius 2 is 1.93 bits per heavy atom. The Labute approximate surface area is 247 Å². The predicted octanol–water partition coefficient (Wildman–Crippen LogP) is 3.27. The van der Waals surface area contributed by atoms with Gasteiger partial charge in [-0.1, -0.05) is 29.5 Å². The third kappa shape index (κ3) is 5.97. The Morgan fingerprint density at radius 1 is 1.17 bits per heavy atom. The topological polar surface area (TPSA) is 118 Å². The highest BCUT2D eigenvalue weighted by Crippen LogP contribution is 2.41. The molecule has 1 aliphatic rings. The summed E-state index contributed by atoms with van der Waals surface area (Å²) in [6.07, 6.45) is 3.79. The summed E-state index contributed by atoms with van der Waals surface area (Å²) in [5.74, 6) is 0.557. The van der Waals surface area contributed by atoms with Crippen LogP contribution < -0.4 is 29.1 Å². The molecule has 2 aromatic carbocycles. The van der Waals surface area contributed by atoms with Crippen molar-refractivity contribution in [1.29, 1.82) is 0 Å². The molecule has 0 spiro atoms. The lowest BCUT2D eigenvalue weighted by molar-refractivity contribution is -0.140. The summed E-state index contributed by atoms with van der Waals surface area (Å²) < 4.78 is 29.3. The number of nitrogens with zero attached hydrogens (tertiary/aromatic N) is 2. The second-order valence-electron chi connectivity index (χ2n) is 9.25. The van der Waals surface area contributed by atoms with E-state index in [0.29, 0.717) is 56.2 Å².